The van der Waals surface area contributed by atoms with Crippen LogP contribution in [-0.2, 0) is 17.9 Å². The minimum absolute atomic E-state index is 0.00578. The normalized spacial score (nSPS) is 10.8. The SMILES string of the molecule is C=CCNC(=O)Cn1c(=O)c2oc3ccccc3c2n(Cc2cccc(C#N)c2)c1=O. The Morgan fingerprint density at radius 3 is 2.74 bits per heavy atom. The highest BCUT2D eigenvalue weighted by Crippen LogP contribution is 2.26. The number of para-hydroxylation sites is 1. The van der Waals surface area contributed by atoms with E-state index in [9.17, 15) is 19.6 Å². The number of nitrogens with one attached hydrogen (secondary N) is 1. The maximum Gasteiger partial charge on any atom is 0.332 e. The summed E-state index contributed by atoms with van der Waals surface area (Å²) < 4.78 is 8.03. The second-order valence-corrected chi connectivity index (χ2v) is 6.94. The lowest BCUT2D eigenvalue weighted by atomic mass is 10.1. The summed E-state index contributed by atoms with van der Waals surface area (Å²) in [4.78, 5) is 38.6. The molecule has 8 nitrogen and oxygen atoms in total. The maximum absolute atomic E-state index is 13.3. The minimum atomic E-state index is -0.674. The highest BCUT2D eigenvalue weighted by atomic mass is 16.3. The van der Waals surface area contributed by atoms with Crippen molar-refractivity contribution in [2.75, 3.05) is 6.54 Å². The van der Waals surface area contributed by atoms with Crippen LogP contribution >= 0.6 is 0 Å². The molecule has 2 heterocycles. The van der Waals surface area contributed by atoms with E-state index in [1.165, 1.54) is 10.6 Å². The third kappa shape index (κ3) is 3.65. The van der Waals surface area contributed by atoms with Gasteiger partial charge in [0.25, 0.3) is 5.56 Å². The van der Waals surface area contributed by atoms with E-state index < -0.39 is 23.7 Å². The zero-order valence-corrected chi connectivity index (χ0v) is 16.5. The number of nitrogens with zero attached hydrogens (tertiary/aromatic N) is 3. The number of aromatic nitrogens is 2. The molecule has 31 heavy (non-hydrogen) atoms. The molecule has 0 atom stereocenters. The van der Waals surface area contributed by atoms with Crippen molar-refractivity contribution >= 4 is 28.0 Å². The molecule has 0 saturated heterocycles. The number of carbonyl (C=O) groups is 1. The van der Waals surface area contributed by atoms with E-state index in [4.69, 9.17) is 4.42 Å². The average molecular weight is 414 g/mol. The zero-order valence-electron chi connectivity index (χ0n) is 16.5. The Kier molecular flexibility index (Phi) is 5.24. The van der Waals surface area contributed by atoms with Gasteiger partial charge >= 0.3 is 5.69 Å². The van der Waals surface area contributed by atoms with Crippen molar-refractivity contribution in [3.05, 3.63) is 93.2 Å². The fraction of sp³-hybridized carbons (Fsp3) is 0.130. The number of carbonyl (C=O) groups excluding carboxylic acids is 1. The first-order chi connectivity index (χ1) is 15.0. The van der Waals surface area contributed by atoms with E-state index in [0.29, 0.717) is 27.6 Å². The van der Waals surface area contributed by atoms with Crippen LogP contribution in [0.4, 0.5) is 0 Å². The topological polar surface area (TPSA) is 110 Å². The number of furan rings is 1. The predicted molar refractivity (Wildman–Crippen MR) is 116 cm³/mol. The van der Waals surface area contributed by atoms with Crippen LogP contribution in [0.2, 0.25) is 0 Å². The molecule has 0 saturated carbocycles. The zero-order chi connectivity index (χ0) is 22.0. The molecule has 0 aliphatic heterocycles. The first-order valence-corrected chi connectivity index (χ1v) is 9.55. The van der Waals surface area contributed by atoms with E-state index in [1.807, 2.05) is 0 Å². The first-order valence-electron chi connectivity index (χ1n) is 9.55. The Morgan fingerprint density at radius 1 is 1.16 bits per heavy atom. The summed E-state index contributed by atoms with van der Waals surface area (Å²) in [6, 6.07) is 16.0. The first kappa shape index (κ1) is 19.9. The summed E-state index contributed by atoms with van der Waals surface area (Å²) in [6.45, 7) is 3.40. The molecule has 0 fully saturated rings. The van der Waals surface area contributed by atoms with E-state index in [1.54, 1.807) is 48.5 Å². The van der Waals surface area contributed by atoms with Gasteiger partial charge in [-0.15, -0.1) is 6.58 Å². The summed E-state index contributed by atoms with van der Waals surface area (Å²) in [7, 11) is 0. The summed E-state index contributed by atoms with van der Waals surface area (Å²) in [5, 5.41) is 12.4. The molecular weight excluding hydrogens is 396 g/mol. The van der Waals surface area contributed by atoms with Crippen LogP contribution in [0.5, 0.6) is 0 Å². The van der Waals surface area contributed by atoms with Gasteiger partial charge in [-0.1, -0.05) is 30.3 Å². The van der Waals surface area contributed by atoms with Crippen LogP contribution in [0.15, 0.2) is 75.2 Å². The van der Waals surface area contributed by atoms with Crippen molar-refractivity contribution in [1.29, 1.82) is 5.26 Å². The lowest BCUT2D eigenvalue weighted by Crippen LogP contribution is -2.43. The molecule has 1 amide bonds. The van der Waals surface area contributed by atoms with Crippen molar-refractivity contribution < 1.29 is 9.21 Å². The van der Waals surface area contributed by atoms with Crippen molar-refractivity contribution in [1.82, 2.24) is 14.5 Å². The number of amides is 1. The van der Waals surface area contributed by atoms with Crippen molar-refractivity contribution in [3.63, 3.8) is 0 Å². The number of rotatable bonds is 6. The monoisotopic (exact) mass is 414 g/mol. The molecule has 4 rings (SSSR count). The molecule has 0 aliphatic carbocycles. The van der Waals surface area contributed by atoms with E-state index in [-0.39, 0.29) is 18.7 Å². The quantitative estimate of drug-likeness (QED) is 0.486. The van der Waals surface area contributed by atoms with Gasteiger partial charge < -0.3 is 9.73 Å². The highest BCUT2D eigenvalue weighted by molar-refractivity contribution is 6.02. The fourth-order valence-corrected chi connectivity index (χ4v) is 3.49. The van der Waals surface area contributed by atoms with E-state index in [0.717, 1.165) is 4.57 Å². The van der Waals surface area contributed by atoms with Gasteiger partial charge in [0.1, 0.15) is 17.6 Å². The van der Waals surface area contributed by atoms with Crippen molar-refractivity contribution in [2.24, 2.45) is 0 Å². The number of hydrogen-bond acceptors (Lipinski definition) is 5. The Bertz CT molecular complexity index is 1480. The molecule has 2 aromatic carbocycles. The summed E-state index contributed by atoms with van der Waals surface area (Å²) in [5.41, 5.74) is 0.656. The molecule has 1 N–H and O–H groups in total. The Hall–Kier alpha value is -4.38. The van der Waals surface area contributed by atoms with Crippen LogP contribution in [0, 0.1) is 11.3 Å². The molecule has 8 heteroatoms. The van der Waals surface area contributed by atoms with Crippen LogP contribution in [0.1, 0.15) is 11.1 Å². The van der Waals surface area contributed by atoms with Crippen LogP contribution < -0.4 is 16.6 Å². The maximum atomic E-state index is 13.3. The third-order valence-corrected chi connectivity index (χ3v) is 4.88. The van der Waals surface area contributed by atoms with Gasteiger partial charge in [0.2, 0.25) is 11.5 Å². The summed E-state index contributed by atoms with van der Waals surface area (Å²) in [6.07, 6.45) is 1.50. The van der Waals surface area contributed by atoms with Gasteiger partial charge in [-0.3, -0.25) is 14.2 Å². The third-order valence-electron chi connectivity index (χ3n) is 4.88. The fourth-order valence-electron chi connectivity index (χ4n) is 3.49. The van der Waals surface area contributed by atoms with Crippen LogP contribution in [0.25, 0.3) is 22.1 Å². The van der Waals surface area contributed by atoms with E-state index in [2.05, 4.69) is 18.0 Å². The molecule has 0 bridgehead atoms. The Morgan fingerprint density at radius 2 is 1.97 bits per heavy atom. The van der Waals surface area contributed by atoms with Crippen molar-refractivity contribution in [2.45, 2.75) is 13.1 Å². The lowest BCUT2D eigenvalue weighted by Gasteiger charge is -2.12. The molecule has 4 aromatic rings. The minimum Gasteiger partial charge on any atom is -0.449 e. The predicted octanol–water partition coefficient (Wildman–Crippen LogP) is 2.13. The highest BCUT2D eigenvalue weighted by Gasteiger charge is 2.21. The molecule has 0 unspecified atom stereocenters. The lowest BCUT2D eigenvalue weighted by molar-refractivity contribution is -0.121. The largest absolute Gasteiger partial charge is 0.449 e. The molecular formula is C23H18N4O4. The standard InChI is InChI=1S/C23H18N4O4/c1-2-10-25-19(28)14-27-22(29)21-20(17-8-3-4-9-18(17)31-21)26(23(27)30)13-16-7-5-6-15(11-16)12-24/h2-9,11H,1,10,13-14H2,(H,25,28). The second-order valence-electron chi connectivity index (χ2n) is 6.94. The summed E-state index contributed by atoms with van der Waals surface area (Å²) >= 11 is 0. The Labute approximate surface area is 176 Å². The van der Waals surface area contributed by atoms with E-state index >= 15 is 0 Å². The molecule has 0 aliphatic rings. The number of nitriles is 1. The van der Waals surface area contributed by atoms with Gasteiger partial charge in [-0.25, -0.2) is 9.36 Å². The van der Waals surface area contributed by atoms with Gasteiger partial charge in [0.05, 0.1) is 18.2 Å². The molecule has 0 radical (unpaired) electrons. The number of hydrogen-bond donors (Lipinski definition) is 1. The molecule has 0 spiro atoms. The van der Waals surface area contributed by atoms with Crippen LogP contribution in [0.3, 0.4) is 0 Å². The average Bonchev–Trinajstić information content (AvgIpc) is 3.18. The van der Waals surface area contributed by atoms with Gasteiger partial charge in [-0.05, 0) is 29.8 Å². The van der Waals surface area contributed by atoms with Crippen molar-refractivity contribution in [3.8, 4) is 6.07 Å². The Balaban J connectivity index is 1.96. The van der Waals surface area contributed by atoms with Gasteiger partial charge in [-0.2, -0.15) is 5.26 Å². The second kappa shape index (κ2) is 8.16. The van der Waals surface area contributed by atoms with Gasteiger partial charge in [0, 0.05) is 11.9 Å². The summed E-state index contributed by atoms with van der Waals surface area (Å²) in [5.74, 6) is -0.493. The smallest absolute Gasteiger partial charge is 0.332 e. The molecule has 154 valence electrons. The number of fused-ring (bicyclic) bond motifs is 3. The van der Waals surface area contributed by atoms with Crippen LogP contribution in [-0.4, -0.2) is 21.6 Å². The van der Waals surface area contributed by atoms with Gasteiger partial charge in [0.15, 0.2) is 0 Å². The number of benzene rings is 2. The molecule has 2 aromatic heterocycles.